The van der Waals surface area contributed by atoms with E-state index in [1.807, 2.05) is 56.4 Å². The number of halogens is 5. The van der Waals surface area contributed by atoms with E-state index in [-0.39, 0.29) is 34.5 Å². The van der Waals surface area contributed by atoms with Crippen molar-refractivity contribution >= 4 is 92.4 Å². The highest BCUT2D eigenvalue weighted by molar-refractivity contribution is 14.1. The molecule has 0 amide bonds. The first-order valence-electron chi connectivity index (χ1n) is 21.7. The molecule has 0 radical (unpaired) electrons. The van der Waals surface area contributed by atoms with Gasteiger partial charge in [-0.25, -0.2) is 28.3 Å². The molecule has 70 heavy (non-hydrogen) atoms. The Morgan fingerprint density at radius 1 is 0.657 bits per heavy atom. The van der Waals surface area contributed by atoms with E-state index in [2.05, 4.69) is 30.4 Å². The Bertz CT molecular complexity index is 3250. The second-order valence-corrected chi connectivity index (χ2v) is 21.1. The topological polar surface area (TPSA) is 168 Å². The van der Waals surface area contributed by atoms with Crippen molar-refractivity contribution in [2.45, 2.75) is 91.6 Å². The molecule has 2 aromatic carbocycles. The minimum absolute atomic E-state index is 0.0276. The lowest BCUT2D eigenvalue weighted by molar-refractivity contribution is 0.00578. The van der Waals surface area contributed by atoms with E-state index in [0.29, 0.717) is 42.0 Å². The molecule has 9 rings (SSSR count). The quantitative estimate of drug-likeness (QED) is 0.0930. The van der Waals surface area contributed by atoms with Gasteiger partial charge in [0.1, 0.15) is 53.6 Å². The van der Waals surface area contributed by atoms with Gasteiger partial charge in [-0.3, -0.25) is 9.36 Å². The molecular formula is C48H50BCl2F2IN10O6. The highest BCUT2D eigenvalue weighted by Gasteiger charge is 2.51. The molecule has 0 atom stereocenters. The fraction of sp³-hybridized carbons (Fsp3) is 0.333. The molecule has 366 valence electrons. The lowest BCUT2D eigenvalue weighted by atomic mass is 9.80. The van der Waals surface area contributed by atoms with E-state index in [4.69, 9.17) is 42.0 Å². The Labute approximate surface area is 426 Å². The first kappa shape index (κ1) is 52.0. The van der Waals surface area contributed by atoms with Crippen molar-refractivity contribution in [1.82, 2.24) is 49.1 Å². The second-order valence-electron chi connectivity index (χ2n) is 19.3. The van der Waals surface area contributed by atoms with Gasteiger partial charge in [-0.05, 0) is 157 Å². The smallest absolute Gasteiger partial charge is 0.442 e. The van der Waals surface area contributed by atoms with Crippen LogP contribution >= 0.6 is 45.8 Å². The highest BCUT2D eigenvalue weighted by Crippen LogP contribution is 2.37. The van der Waals surface area contributed by atoms with E-state index in [1.165, 1.54) is 18.3 Å². The van der Waals surface area contributed by atoms with Crippen molar-refractivity contribution in [1.29, 1.82) is 0 Å². The van der Waals surface area contributed by atoms with Crippen molar-refractivity contribution < 1.29 is 37.2 Å². The standard InChI is InChI=1S/C21H19ClFN5O2.C16H16FIN4O2.C11H15BClNO2/c1-21(2,3)30-20(29)28-19-15(18(26-28)12-5-6-24-17(22)9-12)7-13(8-16(19)23)14-10-25-27(4)11-14;1-16(2,3)24-15(23)22-13-11(14(18)20-22)5-9(6-12(13)17)10-7-19-21(4)8-10;1-10(2)11(3,4)16-12(15-10)8-5-6-14-9(13)7-8/h5-11H,1-4H3;5-8H,1-4H3;5-7H,1-4H3. The van der Waals surface area contributed by atoms with Gasteiger partial charge in [0.15, 0.2) is 0 Å². The van der Waals surface area contributed by atoms with Gasteiger partial charge < -0.3 is 18.8 Å². The molecule has 0 N–H and O–H groups in total. The number of ether oxygens (including phenoxy) is 2. The van der Waals surface area contributed by atoms with Gasteiger partial charge in [-0.2, -0.15) is 29.8 Å². The minimum atomic E-state index is -0.771. The zero-order chi connectivity index (χ0) is 51.2. The molecule has 7 heterocycles. The van der Waals surface area contributed by atoms with Crippen LogP contribution in [0.1, 0.15) is 69.2 Å². The lowest BCUT2D eigenvalue weighted by Gasteiger charge is -2.32. The SMILES string of the molecule is CC1(C)OB(c2ccnc(Cl)c2)OC1(C)C.Cn1cc(-c2cc(F)c3c(c2)c(-c2ccnc(Cl)c2)nn3C(=O)OC(C)(C)C)cn1.Cn1cc(-c2cc(F)c3c(c2)c(I)nn3C(=O)OC(C)(C)C)cn1. The average Bonchev–Trinajstić information content (AvgIpc) is 4.08. The third-order valence-corrected chi connectivity index (χ3v) is 12.1. The fourth-order valence-corrected chi connectivity index (χ4v) is 8.00. The van der Waals surface area contributed by atoms with Crippen molar-refractivity contribution in [2.75, 3.05) is 0 Å². The van der Waals surface area contributed by atoms with Crippen molar-refractivity contribution in [3.8, 4) is 33.5 Å². The van der Waals surface area contributed by atoms with Crippen LogP contribution in [0.5, 0.6) is 0 Å². The first-order chi connectivity index (χ1) is 32.6. The summed E-state index contributed by atoms with van der Waals surface area (Å²) in [5, 5.41) is 18.5. The normalized spacial score (nSPS) is 14.3. The molecule has 1 aliphatic heterocycles. The predicted octanol–water partition coefficient (Wildman–Crippen LogP) is 11.1. The maximum absolute atomic E-state index is 15.3. The summed E-state index contributed by atoms with van der Waals surface area (Å²) in [4.78, 5) is 33.0. The van der Waals surface area contributed by atoms with Crippen LogP contribution in [-0.4, -0.2) is 90.8 Å². The first-order valence-corrected chi connectivity index (χ1v) is 23.6. The maximum atomic E-state index is 15.3. The summed E-state index contributed by atoms with van der Waals surface area (Å²) in [6, 6.07) is 13.2. The summed E-state index contributed by atoms with van der Waals surface area (Å²) in [5.41, 5.74) is 2.75. The molecule has 1 aliphatic rings. The highest BCUT2D eigenvalue weighted by atomic mass is 127. The fourth-order valence-electron chi connectivity index (χ4n) is 7.02. The summed E-state index contributed by atoms with van der Waals surface area (Å²) in [6.45, 7) is 18.5. The Kier molecular flexibility index (Phi) is 14.7. The van der Waals surface area contributed by atoms with Crippen LogP contribution in [0.2, 0.25) is 10.3 Å². The number of aromatic nitrogens is 10. The number of hydrogen-bond acceptors (Lipinski definition) is 12. The Morgan fingerprint density at radius 3 is 1.57 bits per heavy atom. The Balaban J connectivity index is 0.000000162. The number of pyridine rings is 2. The zero-order valence-electron chi connectivity index (χ0n) is 40.5. The molecule has 22 heteroatoms. The summed E-state index contributed by atoms with van der Waals surface area (Å²) < 4.78 is 58.2. The number of carbonyl (C=O) groups is 2. The van der Waals surface area contributed by atoms with Gasteiger partial charge in [0, 0.05) is 66.3 Å². The number of hydrogen-bond donors (Lipinski definition) is 0. The Morgan fingerprint density at radius 2 is 1.11 bits per heavy atom. The van der Waals surface area contributed by atoms with Crippen LogP contribution in [0.4, 0.5) is 18.4 Å². The molecule has 1 saturated heterocycles. The molecule has 16 nitrogen and oxygen atoms in total. The maximum Gasteiger partial charge on any atom is 0.494 e. The number of nitrogens with zero attached hydrogens (tertiary/aromatic N) is 10. The van der Waals surface area contributed by atoms with Gasteiger partial charge in [0.2, 0.25) is 0 Å². The lowest BCUT2D eigenvalue weighted by Crippen LogP contribution is -2.41. The van der Waals surface area contributed by atoms with Crippen molar-refractivity contribution in [3.63, 3.8) is 0 Å². The summed E-state index contributed by atoms with van der Waals surface area (Å²) >= 11 is 13.9. The van der Waals surface area contributed by atoms with E-state index in [1.54, 1.807) is 126 Å². The molecule has 8 aromatic rings. The van der Waals surface area contributed by atoms with E-state index < -0.39 is 35.0 Å². The van der Waals surface area contributed by atoms with Gasteiger partial charge in [0.25, 0.3) is 0 Å². The summed E-state index contributed by atoms with van der Waals surface area (Å²) in [7, 11) is 3.21. The summed E-state index contributed by atoms with van der Waals surface area (Å²) in [6.07, 6.45) is 8.58. The number of rotatable bonds is 4. The molecule has 0 aliphatic carbocycles. The second kappa shape index (κ2) is 19.8. The van der Waals surface area contributed by atoms with Crippen LogP contribution in [0.15, 0.2) is 85.7 Å². The van der Waals surface area contributed by atoms with Crippen LogP contribution in [0.3, 0.4) is 0 Å². The Hall–Kier alpha value is -5.81. The number of aryl methyl sites for hydroxylation is 2. The van der Waals surface area contributed by atoms with Crippen LogP contribution in [0.25, 0.3) is 55.3 Å². The average molecular weight is 1110 g/mol. The minimum Gasteiger partial charge on any atom is -0.442 e. The summed E-state index contributed by atoms with van der Waals surface area (Å²) in [5.74, 6) is -1.14. The van der Waals surface area contributed by atoms with E-state index >= 15 is 4.39 Å². The molecule has 0 spiro atoms. The number of benzene rings is 2. The predicted molar refractivity (Wildman–Crippen MR) is 273 cm³/mol. The van der Waals surface area contributed by atoms with Gasteiger partial charge in [-0.1, -0.05) is 23.2 Å². The van der Waals surface area contributed by atoms with Gasteiger partial charge >= 0.3 is 19.3 Å². The van der Waals surface area contributed by atoms with E-state index in [9.17, 15) is 14.0 Å². The van der Waals surface area contributed by atoms with Crippen LogP contribution in [0, 0.1) is 15.3 Å². The zero-order valence-corrected chi connectivity index (χ0v) is 44.1. The molecule has 0 saturated carbocycles. The molecular weight excluding hydrogens is 1060 g/mol. The molecule has 1 fully saturated rings. The molecule has 6 aromatic heterocycles. The van der Waals surface area contributed by atoms with Crippen LogP contribution in [-0.2, 0) is 32.9 Å². The third-order valence-electron chi connectivity index (χ3n) is 10.9. The van der Waals surface area contributed by atoms with Crippen molar-refractivity contribution in [3.05, 3.63) is 111 Å². The van der Waals surface area contributed by atoms with Crippen molar-refractivity contribution in [2.24, 2.45) is 14.1 Å². The molecule has 0 bridgehead atoms. The molecule has 0 unspecified atom stereocenters. The largest absolute Gasteiger partial charge is 0.494 e. The van der Waals surface area contributed by atoms with Crippen LogP contribution < -0.4 is 5.46 Å². The van der Waals surface area contributed by atoms with E-state index in [0.717, 1.165) is 26.0 Å². The van der Waals surface area contributed by atoms with Gasteiger partial charge in [-0.15, -0.1) is 0 Å². The van der Waals surface area contributed by atoms with Gasteiger partial charge in [0.05, 0.1) is 23.6 Å². The number of carbonyl (C=O) groups excluding carboxylic acids is 2. The monoisotopic (exact) mass is 1110 g/mol. The third kappa shape index (κ3) is 11.7. The number of fused-ring (bicyclic) bond motifs is 2.